The maximum atomic E-state index is 9.14. The van der Waals surface area contributed by atoms with E-state index in [9.17, 15) is 0 Å². The van der Waals surface area contributed by atoms with E-state index < -0.39 is 0 Å². The highest BCUT2D eigenvalue weighted by Gasteiger charge is 2.27. The number of methoxy groups -OCH3 is 1. The molecule has 0 aliphatic heterocycles. The molecule has 1 N–H and O–H groups in total. The van der Waals surface area contributed by atoms with Crippen LogP contribution in [-0.4, -0.2) is 50.0 Å². The van der Waals surface area contributed by atoms with Gasteiger partial charge in [0.1, 0.15) is 0 Å². The molecule has 1 fully saturated rings. The molecule has 1 saturated carbocycles. The van der Waals surface area contributed by atoms with Crippen LogP contribution in [0, 0.1) is 5.92 Å². The first-order valence-corrected chi connectivity index (χ1v) is 5.58. The van der Waals surface area contributed by atoms with Gasteiger partial charge in [0.2, 0.25) is 0 Å². The second-order valence-electron chi connectivity index (χ2n) is 4.45. The first-order chi connectivity index (χ1) is 6.72. The fourth-order valence-corrected chi connectivity index (χ4v) is 2.01. The van der Waals surface area contributed by atoms with Gasteiger partial charge >= 0.3 is 0 Å². The lowest BCUT2D eigenvalue weighted by Crippen LogP contribution is -2.37. The first-order valence-electron chi connectivity index (χ1n) is 5.58. The van der Waals surface area contributed by atoms with E-state index in [0.717, 1.165) is 44.9 Å². The summed E-state index contributed by atoms with van der Waals surface area (Å²) in [6.45, 7) is 3.16. The fraction of sp³-hybridized carbons (Fsp3) is 1.00. The summed E-state index contributed by atoms with van der Waals surface area (Å²) >= 11 is 0. The van der Waals surface area contributed by atoms with Gasteiger partial charge in [-0.15, -0.1) is 0 Å². The largest absolute Gasteiger partial charge is 0.393 e. The monoisotopic (exact) mass is 201 g/mol. The van der Waals surface area contributed by atoms with E-state index in [1.807, 2.05) is 0 Å². The van der Waals surface area contributed by atoms with Crippen molar-refractivity contribution < 1.29 is 9.84 Å². The van der Waals surface area contributed by atoms with Crippen LogP contribution in [0.3, 0.4) is 0 Å². The van der Waals surface area contributed by atoms with Gasteiger partial charge in [-0.1, -0.05) is 0 Å². The van der Waals surface area contributed by atoms with Crippen molar-refractivity contribution >= 4 is 0 Å². The number of nitrogens with zero attached hydrogens (tertiary/aromatic N) is 1. The number of hydrogen-bond donors (Lipinski definition) is 1. The van der Waals surface area contributed by atoms with Crippen molar-refractivity contribution in [3.8, 4) is 0 Å². The SMILES string of the molecule is COCCCCN(C)CC1CC(O)C1. The van der Waals surface area contributed by atoms with Crippen LogP contribution in [-0.2, 0) is 4.74 Å². The molecule has 3 nitrogen and oxygen atoms in total. The Kier molecular flexibility index (Phi) is 5.45. The minimum Gasteiger partial charge on any atom is -0.393 e. The smallest absolute Gasteiger partial charge is 0.0546 e. The molecule has 0 unspecified atom stereocenters. The Balaban J connectivity index is 1.91. The van der Waals surface area contributed by atoms with Crippen molar-refractivity contribution in [1.82, 2.24) is 4.90 Å². The lowest BCUT2D eigenvalue weighted by atomic mass is 9.82. The van der Waals surface area contributed by atoms with Crippen molar-refractivity contribution in [3.05, 3.63) is 0 Å². The molecule has 0 saturated heterocycles. The molecule has 0 amide bonds. The molecule has 0 aromatic rings. The predicted molar refractivity (Wildman–Crippen MR) is 57.3 cm³/mol. The summed E-state index contributed by atoms with van der Waals surface area (Å²) in [5, 5.41) is 9.14. The van der Waals surface area contributed by atoms with Crippen LogP contribution in [0.5, 0.6) is 0 Å². The fourth-order valence-electron chi connectivity index (χ4n) is 2.01. The Labute approximate surface area is 87.1 Å². The zero-order valence-corrected chi connectivity index (χ0v) is 9.41. The minimum atomic E-state index is -0.0121. The molecule has 1 rings (SSSR count). The molecular weight excluding hydrogens is 178 g/mol. The third-order valence-electron chi connectivity index (χ3n) is 2.92. The van der Waals surface area contributed by atoms with Gasteiger partial charge in [0, 0.05) is 20.3 Å². The zero-order valence-electron chi connectivity index (χ0n) is 9.41. The van der Waals surface area contributed by atoms with E-state index >= 15 is 0 Å². The number of hydrogen-bond acceptors (Lipinski definition) is 3. The Morgan fingerprint density at radius 1 is 1.36 bits per heavy atom. The molecule has 0 bridgehead atoms. The Bertz CT molecular complexity index is 146. The van der Waals surface area contributed by atoms with Crippen LogP contribution in [0.25, 0.3) is 0 Å². The van der Waals surface area contributed by atoms with Crippen LogP contribution in [0.2, 0.25) is 0 Å². The summed E-state index contributed by atoms with van der Waals surface area (Å²) in [6, 6.07) is 0. The van der Waals surface area contributed by atoms with Gasteiger partial charge in [-0.2, -0.15) is 0 Å². The molecular formula is C11H23NO2. The molecule has 0 radical (unpaired) electrons. The Morgan fingerprint density at radius 2 is 2.07 bits per heavy atom. The topological polar surface area (TPSA) is 32.7 Å². The van der Waals surface area contributed by atoms with Crippen molar-refractivity contribution in [2.24, 2.45) is 5.92 Å². The van der Waals surface area contributed by atoms with E-state index in [1.54, 1.807) is 7.11 Å². The summed E-state index contributed by atoms with van der Waals surface area (Å²) in [5.41, 5.74) is 0. The summed E-state index contributed by atoms with van der Waals surface area (Å²) in [7, 11) is 3.91. The van der Waals surface area contributed by atoms with E-state index in [2.05, 4.69) is 11.9 Å². The molecule has 0 heterocycles. The predicted octanol–water partition coefficient (Wildman–Crippen LogP) is 1.12. The number of unbranched alkanes of at least 4 members (excludes halogenated alkanes) is 1. The zero-order chi connectivity index (χ0) is 10.4. The number of aliphatic hydroxyl groups is 1. The number of ether oxygens (including phenoxy) is 1. The summed E-state index contributed by atoms with van der Waals surface area (Å²) in [4.78, 5) is 2.37. The van der Waals surface area contributed by atoms with Gasteiger partial charge in [-0.25, -0.2) is 0 Å². The van der Waals surface area contributed by atoms with E-state index in [-0.39, 0.29) is 6.10 Å². The van der Waals surface area contributed by atoms with Gasteiger partial charge in [-0.3, -0.25) is 0 Å². The summed E-state index contributed by atoms with van der Waals surface area (Å²) < 4.78 is 5.00. The molecule has 0 spiro atoms. The van der Waals surface area contributed by atoms with Crippen molar-refractivity contribution in [1.29, 1.82) is 0 Å². The highest BCUT2D eigenvalue weighted by Crippen LogP contribution is 2.27. The lowest BCUT2D eigenvalue weighted by molar-refractivity contribution is 0.0280. The highest BCUT2D eigenvalue weighted by atomic mass is 16.5. The quantitative estimate of drug-likeness (QED) is 0.626. The van der Waals surface area contributed by atoms with E-state index in [0.29, 0.717) is 0 Å². The van der Waals surface area contributed by atoms with Gasteiger partial charge in [0.25, 0.3) is 0 Å². The molecule has 1 aliphatic carbocycles. The van der Waals surface area contributed by atoms with Crippen LogP contribution in [0.1, 0.15) is 25.7 Å². The van der Waals surface area contributed by atoms with Crippen LogP contribution < -0.4 is 0 Å². The van der Waals surface area contributed by atoms with Crippen LogP contribution in [0.4, 0.5) is 0 Å². The van der Waals surface area contributed by atoms with Gasteiger partial charge in [0.15, 0.2) is 0 Å². The standard InChI is InChI=1S/C11H23NO2/c1-12(5-3-4-6-14-2)9-10-7-11(13)8-10/h10-11,13H,3-9H2,1-2H3. The molecule has 0 atom stereocenters. The van der Waals surface area contributed by atoms with E-state index in [1.165, 1.54) is 6.42 Å². The first kappa shape index (κ1) is 12.0. The van der Waals surface area contributed by atoms with Crippen molar-refractivity contribution in [2.75, 3.05) is 33.9 Å². The molecule has 0 aromatic heterocycles. The average Bonchev–Trinajstić information content (AvgIpc) is 2.10. The third kappa shape index (κ3) is 4.40. The minimum absolute atomic E-state index is 0.0121. The Hall–Kier alpha value is -0.120. The van der Waals surface area contributed by atoms with Gasteiger partial charge < -0.3 is 14.7 Å². The third-order valence-corrected chi connectivity index (χ3v) is 2.92. The average molecular weight is 201 g/mol. The highest BCUT2D eigenvalue weighted by molar-refractivity contribution is 4.80. The molecule has 14 heavy (non-hydrogen) atoms. The number of aliphatic hydroxyl groups excluding tert-OH is 1. The second-order valence-corrected chi connectivity index (χ2v) is 4.45. The molecule has 84 valence electrons. The normalized spacial score (nSPS) is 26.6. The van der Waals surface area contributed by atoms with Crippen molar-refractivity contribution in [3.63, 3.8) is 0 Å². The molecule has 0 aromatic carbocycles. The lowest BCUT2D eigenvalue weighted by Gasteiger charge is -2.34. The molecule has 3 heteroatoms. The summed E-state index contributed by atoms with van der Waals surface area (Å²) in [6.07, 6.45) is 4.35. The van der Waals surface area contributed by atoms with Crippen LogP contribution >= 0.6 is 0 Å². The molecule has 1 aliphatic rings. The maximum Gasteiger partial charge on any atom is 0.0546 e. The number of rotatable bonds is 7. The van der Waals surface area contributed by atoms with Gasteiger partial charge in [-0.05, 0) is 45.2 Å². The van der Waals surface area contributed by atoms with E-state index in [4.69, 9.17) is 9.84 Å². The second kappa shape index (κ2) is 6.38. The van der Waals surface area contributed by atoms with Crippen LogP contribution in [0.15, 0.2) is 0 Å². The Morgan fingerprint density at radius 3 is 2.64 bits per heavy atom. The van der Waals surface area contributed by atoms with Crippen molar-refractivity contribution in [2.45, 2.75) is 31.8 Å². The summed E-state index contributed by atoms with van der Waals surface area (Å²) in [5.74, 6) is 0.734. The maximum absolute atomic E-state index is 9.14. The van der Waals surface area contributed by atoms with Gasteiger partial charge in [0.05, 0.1) is 6.10 Å².